The Morgan fingerprint density at radius 3 is 2.19 bits per heavy atom. The third-order valence-corrected chi connectivity index (χ3v) is 5.48. The number of anilines is 1. The van der Waals surface area contributed by atoms with E-state index in [0.29, 0.717) is 28.1 Å². The molecule has 0 saturated heterocycles. The summed E-state index contributed by atoms with van der Waals surface area (Å²) in [7, 11) is 0. The van der Waals surface area contributed by atoms with Gasteiger partial charge < -0.3 is 10.2 Å². The molecule has 0 spiro atoms. The summed E-state index contributed by atoms with van der Waals surface area (Å²) in [5, 5.41) is 8.47. The molecule has 32 heavy (non-hydrogen) atoms. The van der Waals surface area contributed by atoms with Crippen molar-refractivity contribution in [2.24, 2.45) is 11.3 Å². The maximum absolute atomic E-state index is 13.0. The van der Waals surface area contributed by atoms with Crippen molar-refractivity contribution < 1.29 is 9.59 Å². The molecule has 1 heterocycles. The fourth-order valence-electron chi connectivity index (χ4n) is 3.14. The summed E-state index contributed by atoms with van der Waals surface area (Å²) in [5.41, 5.74) is 0.683. The van der Waals surface area contributed by atoms with Gasteiger partial charge in [-0.25, -0.2) is 4.68 Å². The van der Waals surface area contributed by atoms with Crippen LogP contribution in [-0.4, -0.2) is 39.6 Å². The number of halogens is 2. The van der Waals surface area contributed by atoms with Gasteiger partial charge in [-0.1, -0.05) is 78.6 Å². The van der Waals surface area contributed by atoms with Crippen LogP contribution in [0.4, 0.5) is 5.82 Å². The normalized spacial score (nSPS) is 12.2. The van der Waals surface area contributed by atoms with Gasteiger partial charge in [-0.3, -0.25) is 9.59 Å². The lowest BCUT2D eigenvalue weighted by atomic mass is 9.92. The zero-order chi connectivity index (χ0) is 24.4. The summed E-state index contributed by atoms with van der Waals surface area (Å²) in [5.74, 6) is 0.397. The number of hydrogen-bond acceptors (Lipinski definition) is 3. The molecule has 8 heteroatoms. The summed E-state index contributed by atoms with van der Waals surface area (Å²) >= 11 is 12.3. The van der Waals surface area contributed by atoms with E-state index < -0.39 is 5.41 Å². The van der Waals surface area contributed by atoms with Crippen molar-refractivity contribution in [2.75, 3.05) is 18.4 Å². The minimum atomic E-state index is -0.573. The molecule has 0 bridgehead atoms. The molecule has 0 aliphatic rings. The summed E-state index contributed by atoms with van der Waals surface area (Å²) in [6.07, 6.45) is 0. The first kappa shape index (κ1) is 26.2. The third kappa shape index (κ3) is 6.72. The van der Waals surface area contributed by atoms with Crippen LogP contribution < -0.4 is 5.32 Å². The second-order valence-corrected chi connectivity index (χ2v) is 11.4. The Bertz CT molecular complexity index is 985. The lowest BCUT2D eigenvalue weighted by molar-refractivity contribution is -0.142. The molecule has 2 aromatic rings. The minimum Gasteiger partial charge on any atom is -0.333 e. The Hall–Kier alpha value is -2.05. The van der Waals surface area contributed by atoms with Crippen molar-refractivity contribution in [2.45, 2.75) is 60.8 Å². The van der Waals surface area contributed by atoms with Crippen LogP contribution in [0.25, 0.3) is 5.69 Å². The highest BCUT2D eigenvalue weighted by Crippen LogP contribution is 2.29. The van der Waals surface area contributed by atoms with E-state index in [-0.39, 0.29) is 29.7 Å². The molecule has 0 saturated carbocycles. The van der Waals surface area contributed by atoms with Gasteiger partial charge >= 0.3 is 0 Å². The highest BCUT2D eigenvalue weighted by Gasteiger charge is 2.29. The number of amides is 2. The maximum atomic E-state index is 13.0. The van der Waals surface area contributed by atoms with E-state index in [0.717, 1.165) is 5.69 Å². The van der Waals surface area contributed by atoms with Crippen LogP contribution in [0.5, 0.6) is 0 Å². The van der Waals surface area contributed by atoms with Crippen LogP contribution in [0.2, 0.25) is 10.0 Å². The SMILES string of the molecule is CC(C)CN(CC(=O)Nc1cc(C(C)(C)C)nn1-c1ccc(Cl)c(Cl)c1)C(=O)C(C)(C)C. The summed E-state index contributed by atoms with van der Waals surface area (Å²) < 4.78 is 1.64. The van der Waals surface area contributed by atoms with E-state index in [1.165, 1.54) is 0 Å². The molecule has 176 valence electrons. The molecule has 0 aliphatic carbocycles. The summed E-state index contributed by atoms with van der Waals surface area (Å²) in [4.78, 5) is 27.5. The summed E-state index contributed by atoms with van der Waals surface area (Å²) in [6.45, 7) is 16.2. The Labute approximate surface area is 201 Å². The van der Waals surface area contributed by atoms with Gasteiger partial charge in [-0.2, -0.15) is 5.10 Å². The molecule has 6 nitrogen and oxygen atoms in total. The molecule has 1 aromatic carbocycles. The van der Waals surface area contributed by atoms with Crippen molar-refractivity contribution in [1.29, 1.82) is 0 Å². The van der Waals surface area contributed by atoms with E-state index in [1.54, 1.807) is 27.8 Å². The van der Waals surface area contributed by atoms with Crippen LogP contribution in [0, 0.1) is 11.3 Å². The maximum Gasteiger partial charge on any atom is 0.245 e. The zero-order valence-corrected chi connectivity index (χ0v) is 21.7. The predicted molar refractivity (Wildman–Crippen MR) is 132 cm³/mol. The molecule has 0 atom stereocenters. The predicted octanol–water partition coefficient (Wildman–Crippen LogP) is 5.95. The number of benzene rings is 1. The Morgan fingerprint density at radius 2 is 1.69 bits per heavy atom. The number of carbonyl (C=O) groups is 2. The Balaban J connectivity index is 2.37. The van der Waals surface area contributed by atoms with Crippen molar-refractivity contribution >= 4 is 40.8 Å². The molecular weight excluding hydrogens is 447 g/mol. The van der Waals surface area contributed by atoms with Gasteiger partial charge in [-0.05, 0) is 24.1 Å². The highest BCUT2D eigenvalue weighted by molar-refractivity contribution is 6.42. The van der Waals surface area contributed by atoms with Gasteiger partial charge in [0.15, 0.2) is 0 Å². The van der Waals surface area contributed by atoms with Crippen LogP contribution >= 0.6 is 23.2 Å². The van der Waals surface area contributed by atoms with E-state index >= 15 is 0 Å². The smallest absolute Gasteiger partial charge is 0.245 e. The van der Waals surface area contributed by atoms with Gasteiger partial charge in [0.2, 0.25) is 11.8 Å². The number of nitrogens with zero attached hydrogens (tertiary/aromatic N) is 3. The van der Waals surface area contributed by atoms with Crippen LogP contribution in [-0.2, 0) is 15.0 Å². The monoisotopic (exact) mass is 480 g/mol. The van der Waals surface area contributed by atoms with Gasteiger partial charge in [0.05, 0.1) is 28.0 Å². The quantitative estimate of drug-likeness (QED) is 0.555. The van der Waals surface area contributed by atoms with Crippen LogP contribution in [0.3, 0.4) is 0 Å². The first-order valence-electron chi connectivity index (χ1n) is 10.7. The first-order valence-corrected chi connectivity index (χ1v) is 11.5. The number of nitrogens with one attached hydrogen (secondary N) is 1. The van der Waals surface area contributed by atoms with Gasteiger partial charge in [0.1, 0.15) is 5.82 Å². The molecule has 0 unspecified atom stereocenters. The van der Waals surface area contributed by atoms with Crippen LogP contribution in [0.15, 0.2) is 24.3 Å². The van der Waals surface area contributed by atoms with Crippen molar-refractivity contribution in [3.63, 3.8) is 0 Å². The molecule has 0 aliphatic heterocycles. The topological polar surface area (TPSA) is 67.2 Å². The fraction of sp³-hybridized carbons (Fsp3) is 0.542. The molecule has 0 fully saturated rings. The van der Waals surface area contributed by atoms with Gasteiger partial charge in [-0.15, -0.1) is 0 Å². The molecule has 1 N–H and O–H groups in total. The summed E-state index contributed by atoms with van der Waals surface area (Å²) in [6, 6.07) is 7.03. The second kappa shape index (κ2) is 9.84. The minimum absolute atomic E-state index is 0.0360. The number of rotatable bonds is 6. The molecule has 2 amide bonds. The van der Waals surface area contributed by atoms with E-state index in [1.807, 2.05) is 61.5 Å². The molecule has 1 aromatic heterocycles. The fourth-order valence-corrected chi connectivity index (χ4v) is 3.43. The van der Waals surface area contributed by atoms with E-state index in [9.17, 15) is 9.59 Å². The van der Waals surface area contributed by atoms with E-state index in [2.05, 4.69) is 5.32 Å². The van der Waals surface area contributed by atoms with Crippen molar-refractivity contribution in [1.82, 2.24) is 14.7 Å². The largest absolute Gasteiger partial charge is 0.333 e. The van der Waals surface area contributed by atoms with Gasteiger partial charge in [0.25, 0.3) is 0 Å². The Morgan fingerprint density at radius 1 is 1.06 bits per heavy atom. The van der Waals surface area contributed by atoms with Crippen LogP contribution in [0.1, 0.15) is 61.1 Å². The number of hydrogen-bond donors (Lipinski definition) is 1. The first-order chi connectivity index (χ1) is 14.6. The number of aromatic nitrogens is 2. The second-order valence-electron chi connectivity index (χ2n) is 10.6. The lowest BCUT2D eigenvalue weighted by Crippen LogP contribution is -2.45. The standard InChI is InChI=1S/C24H34Cl2N4O2/c1-15(2)13-29(22(32)24(6,7)8)14-21(31)27-20-12-19(23(3,4)5)28-30(20)16-9-10-17(25)18(26)11-16/h9-12,15H,13-14H2,1-8H3,(H,27,31). The molecule has 2 rings (SSSR count). The van der Waals surface area contributed by atoms with E-state index in [4.69, 9.17) is 28.3 Å². The lowest BCUT2D eigenvalue weighted by Gasteiger charge is -2.30. The Kier molecular flexibility index (Phi) is 8.05. The highest BCUT2D eigenvalue weighted by atomic mass is 35.5. The average Bonchev–Trinajstić information content (AvgIpc) is 3.05. The van der Waals surface area contributed by atoms with Gasteiger partial charge in [0, 0.05) is 23.4 Å². The van der Waals surface area contributed by atoms with Crippen molar-refractivity contribution in [3.8, 4) is 5.69 Å². The molecule has 0 radical (unpaired) electrons. The molecular formula is C24H34Cl2N4O2. The third-order valence-electron chi connectivity index (χ3n) is 4.74. The number of carbonyl (C=O) groups excluding carboxylic acids is 2. The average molecular weight is 481 g/mol. The zero-order valence-electron chi connectivity index (χ0n) is 20.2. The van der Waals surface area contributed by atoms with Crippen molar-refractivity contribution in [3.05, 3.63) is 40.0 Å².